The second-order valence-electron chi connectivity index (χ2n) is 6.29. The maximum absolute atomic E-state index is 12.3. The summed E-state index contributed by atoms with van der Waals surface area (Å²) in [7, 11) is 1.64. The average Bonchev–Trinajstić information content (AvgIpc) is 2.75. The Balaban J connectivity index is 1.53. The smallest absolute Gasteiger partial charge is 0.271 e. The lowest BCUT2D eigenvalue weighted by atomic mass is 10.1. The predicted octanol–water partition coefficient (Wildman–Crippen LogP) is 3.76. The fourth-order valence-corrected chi connectivity index (χ4v) is 2.81. The minimum absolute atomic E-state index is 0.235. The summed E-state index contributed by atoms with van der Waals surface area (Å²) in [6.45, 7) is 2.63. The van der Waals surface area contributed by atoms with Crippen LogP contribution in [0.5, 0.6) is 5.75 Å². The van der Waals surface area contributed by atoms with Crippen LogP contribution >= 0.6 is 0 Å². The first-order chi connectivity index (χ1) is 13.7. The van der Waals surface area contributed by atoms with Crippen LogP contribution in [0, 0.1) is 0 Å². The Hall–Kier alpha value is -3.41. The number of amides is 1. The van der Waals surface area contributed by atoms with E-state index in [0.29, 0.717) is 18.1 Å². The highest BCUT2D eigenvalue weighted by atomic mass is 16.5. The summed E-state index contributed by atoms with van der Waals surface area (Å²) < 4.78 is 5.14. The van der Waals surface area contributed by atoms with Crippen molar-refractivity contribution in [3.8, 4) is 5.75 Å². The highest BCUT2D eigenvalue weighted by molar-refractivity contribution is 5.92. The van der Waals surface area contributed by atoms with Crippen molar-refractivity contribution in [2.75, 3.05) is 19.0 Å². The van der Waals surface area contributed by atoms with Crippen molar-refractivity contribution in [3.63, 3.8) is 0 Å². The monoisotopic (exact) mass is 376 g/mol. The van der Waals surface area contributed by atoms with Gasteiger partial charge in [-0.15, -0.1) is 10.2 Å². The Kier molecular flexibility index (Phi) is 6.57. The first kappa shape index (κ1) is 19.4. The number of para-hydroxylation sites is 1. The molecule has 3 rings (SSSR count). The third kappa shape index (κ3) is 5.07. The number of aromatic nitrogens is 2. The van der Waals surface area contributed by atoms with Crippen LogP contribution in [0.1, 0.15) is 28.5 Å². The van der Waals surface area contributed by atoms with Crippen molar-refractivity contribution < 1.29 is 9.53 Å². The fourth-order valence-electron chi connectivity index (χ4n) is 2.81. The fraction of sp³-hybridized carbons (Fsp3) is 0.227. The zero-order valence-electron chi connectivity index (χ0n) is 16.1. The highest BCUT2D eigenvalue weighted by Gasteiger charge is 2.08. The maximum atomic E-state index is 12.3. The van der Waals surface area contributed by atoms with E-state index in [9.17, 15) is 4.79 Å². The molecule has 0 aliphatic carbocycles. The van der Waals surface area contributed by atoms with Gasteiger partial charge in [0.25, 0.3) is 5.91 Å². The van der Waals surface area contributed by atoms with Crippen LogP contribution in [0.15, 0.2) is 60.7 Å². The van der Waals surface area contributed by atoms with Gasteiger partial charge in [0.1, 0.15) is 5.75 Å². The summed E-state index contributed by atoms with van der Waals surface area (Å²) in [6, 6.07) is 19.3. The van der Waals surface area contributed by atoms with E-state index in [-0.39, 0.29) is 5.91 Å². The number of hydrogen-bond acceptors (Lipinski definition) is 5. The van der Waals surface area contributed by atoms with E-state index >= 15 is 0 Å². The van der Waals surface area contributed by atoms with E-state index in [1.807, 2.05) is 42.5 Å². The molecular weight excluding hydrogens is 352 g/mol. The summed E-state index contributed by atoms with van der Waals surface area (Å²) in [5.41, 5.74) is 3.62. The predicted molar refractivity (Wildman–Crippen MR) is 110 cm³/mol. The van der Waals surface area contributed by atoms with Crippen LogP contribution in [-0.2, 0) is 12.8 Å². The molecule has 0 aliphatic rings. The Morgan fingerprint density at radius 3 is 2.46 bits per heavy atom. The summed E-state index contributed by atoms with van der Waals surface area (Å²) >= 11 is 0. The number of hydrogen-bond donors (Lipinski definition) is 2. The molecule has 28 heavy (non-hydrogen) atoms. The summed E-state index contributed by atoms with van der Waals surface area (Å²) in [5, 5.41) is 14.3. The second-order valence-corrected chi connectivity index (χ2v) is 6.29. The molecule has 0 aliphatic heterocycles. The van der Waals surface area contributed by atoms with Crippen LogP contribution in [0.3, 0.4) is 0 Å². The number of nitrogens with one attached hydrogen (secondary N) is 2. The van der Waals surface area contributed by atoms with E-state index in [1.165, 1.54) is 5.56 Å². The molecule has 2 aromatic carbocycles. The minimum atomic E-state index is -0.235. The second kappa shape index (κ2) is 9.50. The molecule has 6 heteroatoms. The number of carbonyl (C=O) groups excluding carboxylic acids is 1. The number of nitrogens with zero attached hydrogens (tertiary/aromatic N) is 2. The first-order valence-electron chi connectivity index (χ1n) is 9.29. The van der Waals surface area contributed by atoms with Gasteiger partial charge in [0, 0.05) is 12.2 Å². The van der Waals surface area contributed by atoms with E-state index in [1.54, 1.807) is 19.2 Å². The van der Waals surface area contributed by atoms with E-state index in [4.69, 9.17) is 4.74 Å². The Morgan fingerprint density at radius 2 is 1.79 bits per heavy atom. The molecule has 3 aromatic rings. The van der Waals surface area contributed by atoms with Crippen molar-refractivity contribution >= 4 is 17.4 Å². The molecular formula is C22H24N4O2. The maximum Gasteiger partial charge on any atom is 0.271 e. The molecule has 2 N–H and O–H groups in total. The molecule has 6 nitrogen and oxygen atoms in total. The van der Waals surface area contributed by atoms with E-state index < -0.39 is 0 Å². The molecule has 0 unspecified atom stereocenters. The Morgan fingerprint density at radius 1 is 1.00 bits per heavy atom. The van der Waals surface area contributed by atoms with Gasteiger partial charge < -0.3 is 15.4 Å². The summed E-state index contributed by atoms with van der Waals surface area (Å²) in [5.74, 6) is 1.19. The molecule has 1 amide bonds. The van der Waals surface area contributed by atoms with Gasteiger partial charge in [-0.05, 0) is 54.3 Å². The molecule has 0 fully saturated rings. The molecule has 1 heterocycles. The lowest BCUT2D eigenvalue weighted by Gasteiger charge is -2.10. The lowest BCUT2D eigenvalue weighted by molar-refractivity contribution is 0.0948. The van der Waals surface area contributed by atoms with Gasteiger partial charge in [0.05, 0.1) is 7.11 Å². The summed E-state index contributed by atoms with van der Waals surface area (Å²) in [6.07, 6.45) is 1.65. The van der Waals surface area contributed by atoms with Crippen molar-refractivity contribution in [2.45, 2.75) is 19.8 Å². The number of methoxy groups -OCH3 is 1. The number of carbonyl (C=O) groups is 1. The Bertz CT molecular complexity index is 909. The number of ether oxygens (including phenoxy) is 1. The molecule has 0 saturated carbocycles. The van der Waals surface area contributed by atoms with Gasteiger partial charge in [0.15, 0.2) is 11.5 Å². The van der Waals surface area contributed by atoms with Crippen molar-refractivity contribution in [2.24, 2.45) is 0 Å². The van der Waals surface area contributed by atoms with Crippen molar-refractivity contribution in [1.82, 2.24) is 15.5 Å². The quantitative estimate of drug-likeness (QED) is 0.626. The molecule has 0 spiro atoms. The highest BCUT2D eigenvalue weighted by Crippen LogP contribution is 2.19. The van der Waals surface area contributed by atoms with Crippen LogP contribution in [0.25, 0.3) is 0 Å². The van der Waals surface area contributed by atoms with Crippen molar-refractivity contribution in [1.29, 1.82) is 0 Å². The van der Waals surface area contributed by atoms with Gasteiger partial charge >= 0.3 is 0 Å². The third-order valence-electron chi connectivity index (χ3n) is 4.42. The Labute approximate surface area is 165 Å². The molecule has 0 atom stereocenters. The van der Waals surface area contributed by atoms with Gasteiger partial charge in [-0.3, -0.25) is 4.79 Å². The molecule has 1 aromatic heterocycles. The topological polar surface area (TPSA) is 76.1 Å². The van der Waals surface area contributed by atoms with E-state index in [2.05, 4.69) is 33.8 Å². The number of benzene rings is 2. The largest absolute Gasteiger partial charge is 0.497 e. The van der Waals surface area contributed by atoms with Crippen LogP contribution < -0.4 is 15.4 Å². The van der Waals surface area contributed by atoms with Gasteiger partial charge in [0.2, 0.25) is 0 Å². The SMILES string of the molecule is CCc1ccccc1Nc1ccc(C(=O)NCCc2ccc(OC)cc2)nn1. The third-order valence-corrected chi connectivity index (χ3v) is 4.42. The molecule has 0 saturated heterocycles. The van der Waals surface area contributed by atoms with Gasteiger partial charge in [-0.2, -0.15) is 0 Å². The van der Waals surface area contributed by atoms with Crippen molar-refractivity contribution in [3.05, 3.63) is 77.5 Å². The summed E-state index contributed by atoms with van der Waals surface area (Å²) in [4.78, 5) is 12.3. The lowest BCUT2D eigenvalue weighted by Crippen LogP contribution is -2.26. The number of anilines is 2. The normalized spacial score (nSPS) is 10.4. The van der Waals surface area contributed by atoms with E-state index in [0.717, 1.165) is 29.8 Å². The molecule has 0 bridgehead atoms. The van der Waals surface area contributed by atoms with Crippen LogP contribution in [0.2, 0.25) is 0 Å². The number of aryl methyl sites for hydroxylation is 1. The zero-order chi connectivity index (χ0) is 19.8. The van der Waals surface area contributed by atoms with Crippen LogP contribution in [0.4, 0.5) is 11.5 Å². The standard InChI is InChI=1S/C22H24N4O2/c1-3-17-6-4-5-7-19(17)24-21-13-12-20(25-26-21)22(27)23-15-14-16-8-10-18(28-2)11-9-16/h4-13H,3,14-15H2,1-2H3,(H,23,27)(H,24,26). The van der Waals surface area contributed by atoms with Gasteiger partial charge in [-0.1, -0.05) is 37.3 Å². The first-order valence-corrected chi connectivity index (χ1v) is 9.29. The number of rotatable bonds is 8. The van der Waals surface area contributed by atoms with Gasteiger partial charge in [-0.25, -0.2) is 0 Å². The zero-order valence-corrected chi connectivity index (χ0v) is 16.1. The van der Waals surface area contributed by atoms with Crippen LogP contribution in [-0.4, -0.2) is 29.8 Å². The molecule has 0 radical (unpaired) electrons. The molecule has 144 valence electrons. The average molecular weight is 376 g/mol. The minimum Gasteiger partial charge on any atom is -0.497 e.